The summed E-state index contributed by atoms with van der Waals surface area (Å²) >= 11 is 0. The standard InChI is InChI=1S/C29H40O9/c1-15-9-21(31)25(34)26(37-15)38-23-11-17-3-4-20-19(28(17,14-30)12-22(23)32)5-7-27(2)18(6-8-29(20,27)35)16-10-24(33)36-13-16/h10,14-15,17-23,26,31-32,35H,3-9,11-13H2,1-2H3/t15?,17-,18+,19-,20+,21?,22?,23+,26?,27+,28+,29-/m0/s1. The van der Waals surface area contributed by atoms with Crippen LogP contribution in [0.5, 0.6) is 0 Å². The zero-order valence-corrected chi connectivity index (χ0v) is 22.2. The van der Waals surface area contributed by atoms with E-state index in [-0.39, 0.29) is 48.6 Å². The van der Waals surface area contributed by atoms with Gasteiger partial charge in [-0.15, -0.1) is 0 Å². The van der Waals surface area contributed by atoms with E-state index in [4.69, 9.17) is 14.2 Å². The minimum Gasteiger partial charge on any atom is -0.458 e. The summed E-state index contributed by atoms with van der Waals surface area (Å²) in [5.41, 5.74) is -1.16. The van der Waals surface area contributed by atoms with Gasteiger partial charge in [-0.3, -0.25) is 4.79 Å². The minimum absolute atomic E-state index is 0.0376. The Kier molecular flexibility index (Phi) is 6.43. The summed E-state index contributed by atoms with van der Waals surface area (Å²) in [6.07, 6.45) is 3.55. The molecule has 4 saturated carbocycles. The fourth-order valence-corrected chi connectivity index (χ4v) is 9.62. The SMILES string of the molecule is CC1CC(O)C(=O)C(O[C@@H]2C[C@@H]3CC[C@@H]4[C@H](CC[C@]5(C)[C@@H](C6=CC(=O)OC6)CC[C@]45O)[C@@]3(C=O)CC2O)O1. The molecular weight excluding hydrogens is 492 g/mol. The number of ether oxygens (including phenoxy) is 3. The lowest BCUT2D eigenvalue weighted by Gasteiger charge is -2.63. The van der Waals surface area contributed by atoms with Crippen molar-refractivity contribution in [2.45, 2.75) is 108 Å². The summed E-state index contributed by atoms with van der Waals surface area (Å²) in [5, 5.41) is 33.6. The van der Waals surface area contributed by atoms with Crippen molar-refractivity contribution in [2.24, 2.45) is 34.5 Å². The van der Waals surface area contributed by atoms with E-state index in [1.807, 2.05) is 0 Å². The lowest BCUT2D eigenvalue weighted by Crippen LogP contribution is -2.65. The van der Waals surface area contributed by atoms with E-state index < -0.39 is 46.8 Å². The maximum Gasteiger partial charge on any atom is 0.331 e. The van der Waals surface area contributed by atoms with Crippen LogP contribution in [0, 0.1) is 34.5 Å². The highest BCUT2D eigenvalue weighted by Gasteiger charge is 2.69. The van der Waals surface area contributed by atoms with Crippen molar-refractivity contribution in [2.75, 3.05) is 6.61 Å². The Bertz CT molecular complexity index is 1040. The largest absolute Gasteiger partial charge is 0.458 e. The van der Waals surface area contributed by atoms with Crippen LogP contribution in [0.3, 0.4) is 0 Å². The maximum atomic E-state index is 12.9. The molecule has 4 aliphatic carbocycles. The summed E-state index contributed by atoms with van der Waals surface area (Å²) in [5.74, 6) is -0.938. The molecule has 5 fully saturated rings. The number of carbonyl (C=O) groups excluding carboxylic acids is 3. The van der Waals surface area contributed by atoms with E-state index >= 15 is 0 Å². The van der Waals surface area contributed by atoms with Crippen LogP contribution >= 0.6 is 0 Å². The molecule has 0 spiro atoms. The molecule has 6 rings (SSSR count). The van der Waals surface area contributed by atoms with Crippen LogP contribution in [-0.4, -0.2) is 76.3 Å². The van der Waals surface area contributed by atoms with Crippen molar-refractivity contribution in [3.8, 4) is 0 Å². The fourth-order valence-electron chi connectivity index (χ4n) is 9.62. The molecule has 6 aliphatic rings. The number of aliphatic hydroxyl groups is 3. The first-order valence-corrected chi connectivity index (χ1v) is 14.3. The van der Waals surface area contributed by atoms with E-state index in [0.717, 1.165) is 44.0 Å². The summed E-state index contributed by atoms with van der Waals surface area (Å²) in [6.45, 7) is 4.20. The normalized spacial score (nSPS) is 52.4. The van der Waals surface area contributed by atoms with Crippen LogP contribution < -0.4 is 0 Å². The number of aldehydes is 1. The lowest BCUT2D eigenvalue weighted by atomic mass is 9.43. The second-order valence-electron chi connectivity index (χ2n) is 13.1. The molecule has 2 heterocycles. The second-order valence-corrected chi connectivity index (χ2v) is 13.1. The van der Waals surface area contributed by atoms with Crippen molar-refractivity contribution in [1.29, 1.82) is 0 Å². The van der Waals surface area contributed by atoms with Gasteiger partial charge in [0.25, 0.3) is 0 Å². The Morgan fingerprint density at radius 2 is 1.87 bits per heavy atom. The van der Waals surface area contributed by atoms with Crippen molar-refractivity contribution in [1.82, 2.24) is 0 Å². The third kappa shape index (κ3) is 3.72. The molecular formula is C29H40O9. The van der Waals surface area contributed by atoms with Crippen LogP contribution in [0.25, 0.3) is 0 Å². The van der Waals surface area contributed by atoms with E-state index in [2.05, 4.69) is 6.92 Å². The first-order valence-electron chi connectivity index (χ1n) is 14.3. The molecule has 3 N–H and O–H groups in total. The van der Waals surface area contributed by atoms with Crippen molar-refractivity contribution < 1.29 is 43.9 Å². The smallest absolute Gasteiger partial charge is 0.331 e. The summed E-state index contributed by atoms with van der Waals surface area (Å²) in [6, 6.07) is 0. The van der Waals surface area contributed by atoms with Crippen LogP contribution in [0.4, 0.5) is 0 Å². The number of carbonyl (C=O) groups is 3. The van der Waals surface area contributed by atoms with Crippen LogP contribution in [0.1, 0.15) is 71.6 Å². The first-order chi connectivity index (χ1) is 18.0. The molecule has 0 aromatic heterocycles. The molecule has 0 aromatic carbocycles. The summed E-state index contributed by atoms with van der Waals surface area (Å²) in [7, 11) is 0. The van der Waals surface area contributed by atoms with Crippen LogP contribution in [0.15, 0.2) is 11.6 Å². The zero-order valence-electron chi connectivity index (χ0n) is 22.2. The Balaban J connectivity index is 1.23. The van der Waals surface area contributed by atoms with Crippen molar-refractivity contribution in [3.63, 3.8) is 0 Å². The first kappa shape index (κ1) is 26.6. The molecule has 12 atom stereocenters. The Morgan fingerprint density at radius 1 is 1.08 bits per heavy atom. The van der Waals surface area contributed by atoms with E-state index in [1.165, 1.54) is 0 Å². The Labute approximate surface area is 222 Å². The quantitative estimate of drug-likeness (QED) is 0.281. The predicted molar refractivity (Wildman–Crippen MR) is 132 cm³/mol. The van der Waals surface area contributed by atoms with E-state index in [9.17, 15) is 29.7 Å². The maximum absolute atomic E-state index is 12.9. The molecule has 0 aromatic rings. The van der Waals surface area contributed by atoms with E-state index in [1.54, 1.807) is 13.0 Å². The lowest BCUT2D eigenvalue weighted by molar-refractivity contribution is -0.253. The molecule has 1 saturated heterocycles. The molecule has 9 nitrogen and oxygen atoms in total. The van der Waals surface area contributed by atoms with Crippen LogP contribution in [-0.2, 0) is 28.6 Å². The van der Waals surface area contributed by atoms with Gasteiger partial charge in [0.2, 0.25) is 12.1 Å². The van der Waals surface area contributed by atoms with Crippen molar-refractivity contribution >= 4 is 18.0 Å². The highest BCUT2D eigenvalue weighted by atomic mass is 16.7. The van der Waals surface area contributed by atoms with Crippen molar-refractivity contribution in [3.05, 3.63) is 11.6 Å². The molecule has 0 radical (unpaired) electrons. The van der Waals surface area contributed by atoms with Gasteiger partial charge >= 0.3 is 5.97 Å². The molecule has 38 heavy (non-hydrogen) atoms. The molecule has 9 heteroatoms. The second kappa shape index (κ2) is 9.20. The van der Waals surface area contributed by atoms with E-state index in [0.29, 0.717) is 19.4 Å². The number of hydrogen-bond donors (Lipinski definition) is 3. The molecule has 4 unspecified atom stereocenters. The third-order valence-corrected chi connectivity index (χ3v) is 11.6. The molecule has 2 aliphatic heterocycles. The predicted octanol–water partition coefficient (Wildman–Crippen LogP) is 1.84. The number of rotatable bonds is 4. The number of aliphatic hydroxyl groups excluding tert-OH is 2. The highest BCUT2D eigenvalue weighted by Crippen LogP contribution is 2.69. The summed E-state index contributed by atoms with van der Waals surface area (Å²) < 4.78 is 16.8. The summed E-state index contributed by atoms with van der Waals surface area (Å²) in [4.78, 5) is 37.2. The Hall–Kier alpha value is -1.65. The molecule has 210 valence electrons. The average Bonchev–Trinajstić information content (AvgIpc) is 3.42. The number of hydrogen-bond acceptors (Lipinski definition) is 9. The van der Waals surface area contributed by atoms with Gasteiger partial charge in [0, 0.05) is 23.3 Å². The highest BCUT2D eigenvalue weighted by molar-refractivity contribution is 5.86. The van der Waals surface area contributed by atoms with Gasteiger partial charge in [0.1, 0.15) is 19.0 Å². The number of fused-ring (bicyclic) bond motifs is 5. The fraction of sp³-hybridized carbons (Fsp3) is 0.828. The average molecular weight is 533 g/mol. The van der Waals surface area contributed by atoms with Gasteiger partial charge in [-0.1, -0.05) is 6.92 Å². The van der Waals surface area contributed by atoms with Gasteiger partial charge in [-0.25, -0.2) is 4.79 Å². The minimum atomic E-state index is -1.22. The Morgan fingerprint density at radius 3 is 2.58 bits per heavy atom. The van der Waals surface area contributed by atoms with Gasteiger partial charge in [0.15, 0.2) is 0 Å². The third-order valence-electron chi connectivity index (χ3n) is 11.6. The monoisotopic (exact) mass is 532 g/mol. The number of ketones is 1. The molecule has 0 amide bonds. The number of Topliss-reactive ketones (excluding diaryl/α,β-unsaturated/α-hetero) is 1. The molecule has 0 bridgehead atoms. The van der Waals surface area contributed by atoms with Gasteiger partial charge in [-0.05, 0) is 87.5 Å². The van der Waals surface area contributed by atoms with Gasteiger partial charge in [0.05, 0.1) is 23.9 Å². The van der Waals surface area contributed by atoms with Crippen LogP contribution in [0.2, 0.25) is 0 Å². The van der Waals surface area contributed by atoms with Gasteiger partial charge < -0.3 is 34.3 Å². The topological polar surface area (TPSA) is 140 Å². The zero-order chi connectivity index (χ0) is 27.0. The number of esters is 1. The van der Waals surface area contributed by atoms with Gasteiger partial charge in [-0.2, -0.15) is 0 Å². The number of cyclic esters (lactones) is 1.